The van der Waals surface area contributed by atoms with Crippen molar-refractivity contribution in [1.29, 1.82) is 0 Å². The molecule has 0 unspecified atom stereocenters. The van der Waals surface area contributed by atoms with E-state index in [0.717, 1.165) is 12.1 Å². The second kappa shape index (κ2) is 6.82. The molecule has 1 saturated heterocycles. The molecule has 5 nitrogen and oxygen atoms in total. The molecule has 0 saturated carbocycles. The Hall–Kier alpha value is -2.70. The second-order valence-corrected chi connectivity index (χ2v) is 5.70. The number of hydrogen-bond donors (Lipinski definition) is 1. The first-order valence-corrected chi connectivity index (χ1v) is 7.62. The van der Waals surface area contributed by atoms with Crippen LogP contribution in [0.3, 0.4) is 0 Å². The van der Waals surface area contributed by atoms with Gasteiger partial charge in [0.15, 0.2) is 11.6 Å². The molecule has 1 aromatic heterocycles. The fourth-order valence-electron chi connectivity index (χ4n) is 2.73. The fraction of sp³-hybridized carbons (Fsp3) is 0.294. The molecule has 1 N–H and O–H groups in total. The van der Waals surface area contributed by atoms with Crippen molar-refractivity contribution >= 4 is 17.5 Å². The van der Waals surface area contributed by atoms with E-state index in [-0.39, 0.29) is 23.4 Å². The van der Waals surface area contributed by atoms with Crippen molar-refractivity contribution in [3.63, 3.8) is 0 Å². The van der Waals surface area contributed by atoms with Gasteiger partial charge in [-0.2, -0.15) is 0 Å². The predicted octanol–water partition coefficient (Wildman–Crippen LogP) is 3.05. The van der Waals surface area contributed by atoms with Crippen LogP contribution in [0, 0.1) is 17.6 Å². The number of furan rings is 1. The summed E-state index contributed by atoms with van der Waals surface area (Å²) < 4.78 is 31.0. The Morgan fingerprint density at radius 1 is 1.12 bits per heavy atom. The summed E-state index contributed by atoms with van der Waals surface area (Å²) in [5.74, 6) is -2.61. The minimum absolute atomic E-state index is 0.122. The first-order valence-electron chi connectivity index (χ1n) is 7.62. The molecule has 2 amide bonds. The van der Waals surface area contributed by atoms with Gasteiger partial charge in [0.2, 0.25) is 5.91 Å². The zero-order valence-corrected chi connectivity index (χ0v) is 12.8. The molecule has 2 aromatic rings. The van der Waals surface area contributed by atoms with Gasteiger partial charge in [0.1, 0.15) is 6.26 Å². The van der Waals surface area contributed by atoms with Crippen molar-refractivity contribution in [3.05, 3.63) is 54.0 Å². The lowest BCUT2D eigenvalue weighted by atomic mass is 9.95. The summed E-state index contributed by atoms with van der Waals surface area (Å²) in [6.45, 7) is 0.916. The zero-order chi connectivity index (χ0) is 17.1. The van der Waals surface area contributed by atoms with Crippen LogP contribution in [-0.4, -0.2) is 29.8 Å². The highest BCUT2D eigenvalue weighted by Gasteiger charge is 2.28. The number of nitrogens with zero attached hydrogens (tertiary/aromatic N) is 1. The largest absolute Gasteiger partial charge is 0.472 e. The Bertz CT molecular complexity index is 738. The highest BCUT2D eigenvalue weighted by atomic mass is 19.2. The van der Waals surface area contributed by atoms with Crippen LogP contribution in [0.15, 0.2) is 41.2 Å². The molecule has 0 radical (unpaired) electrons. The van der Waals surface area contributed by atoms with Gasteiger partial charge >= 0.3 is 0 Å². The lowest BCUT2D eigenvalue weighted by Crippen LogP contribution is -2.41. The van der Waals surface area contributed by atoms with Gasteiger partial charge in [0, 0.05) is 30.8 Å². The maximum Gasteiger partial charge on any atom is 0.257 e. The van der Waals surface area contributed by atoms with Gasteiger partial charge in [-0.25, -0.2) is 8.78 Å². The predicted molar refractivity (Wildman–Crippen MR) is 82.3 cm³/mol. The number of piperidine rings is 1. The molecule has 0 bridgehead atoms. The second-order valence-electron chi connectivity index (χ2n) is 5.70. The maximum atomic E-state index is 13.2. The number of carbonyl (C=O) groups excluding carboxylic acids is 2. The standard InChI is InChI=1S/C17H16F2N2O3/c18-14-2-1-13(9-15(14)19)20-16(22)11-3-6-21(7-4-11)17(23)12-5-8-24-10-12/h1-2,5,8-11H,3-4,6-7H2,(H,20,22). The summed E-state index contributed by atoms with van der Waals surface area (Å²) in [4.78, 5) is 26.1. The van der Waals surface area contributed by atoms with Crippen molar-refractivity contribution < 1.29 is 22.8 Å². The Balaban J connectivity index is 1.55. The molecule has 1 aliphatic heterocycles. The van der Waals surface area contributed by atoms with Crippen LogP contribution in [0.2, 0.25) is 0 Å². The number of carbonyl (C=O) groups is 2. The molecule has 1 aromatic carbocycles. The SMILES string of the molecule is O=C(Nc1ccc(F)c(F)c1)C1CCN(C(=O)c2ccoc2)CC1. The lowest BCUT2D eigenvalue weighted by molar-refractivity contribution is -0.121. The van der Waals surface area contributed by atoms with Crippen LogP contribution < -0.4 is 5.32 Å². The van der Waals surface area contributed by atoms with Crippen molar-refractivity contribution in [2.45, 2.75) is 12.8 Å². The number of likely N-dealkylation sites (tertiary alicyclic amines) is 1. The van der Waals surface area contributed by atoms with Crippen molar-refractivity contribution in [3.8, 4) is 0 Å². The van der Waals surface area contributed by atoms with Crippen molar-refractivity contribution in [1.82, 2.24) is 4.90 Å². The van der Waals surface area contributed by atoms with Gasteiger partial charge in [-0.15, -0.1) is 0 Å². The van der Waals surface area contributed by atoms with E-state index >= 15 is 0 Å². The molecule has 0 spiro atoms. The van der Waals surface area contributed by atoms with Crippen LogP contribution in [0.25, 0.3) is 0 Å². The Morgan fingerprint density at radius 3 is 2.50 bits per heavy atom. The summed E-state index contributed by atoms with van der Waals surface area (Å²) in [5, 5.41) is 2.59. The van der Waals surface area contributed by atoms with Crippen LogP contribution in [0.4, 0.5) is 14.5 Å². The molecular formula is C17H16F2N2O3. The Morgan fingerprint density at radius 2 is 1.88 bits per heavy atom. The summed E-state index contributed by atoms with van der Waals surface area (Å²) in [6, 6.07) is 4.83. The van der Waals surface area contributed by atoms with E-state index in [1.807, 2.05) is 0 Å². The molecule has 1 fully saturated rings. The van der Waals surface area contributed by atoms with E-state index in [9.17, 15) is 18.4 Å². The van der Waals surface area contributed by atoms with E-state index in [2.05, 4.69) is 5.32 Å². The van der Waals surface area contributed by atoms with E-state index in [4.69, 9.17) is 4.42 Å². The van der Waals surface area contributed by atoms with Gasteiger partial charge in [-0.3, -0.25) is 9.59 Å². The molecule has 0 aliphatic carbocycles. The first-order chi connectivity index (χ1) is 11.5. The average molecular weight is 334 g/mol. The topological polar surface area (TPSA) is 62.6 Å². The molecule has 7 heteroatoms. The third kappa shape index (κ3) is 3.45. The zero-order valence-electron chi connectivity index (χ0n) is 12.8. The normalized spacial score (nSPS) is 15.3. The number of hydrogen-bond acceptors (Lipinski definition) is 3. The minimum Gasteiger partial charge on any atom is -0.472 e. The highest BCUT2D eigenvalue weighted by Crippen LogP contribution is 2.22. The fourth-order valence-corrected chi connectivity index (χ4v) is 2.73. The Labute approximate surface area is 137 Å². The summed E-state index contributed by atoms with van der Waals surface area (Å²) in [6.07, 6.45) is 3.86. The summed E-state index contributed by atoms with van der Waals surface area (Å²) in [7, 11) is 0. The molecular weight excluding hydrogens is 318 g/mol. The minimum atomic E-state index is -1.01. The Kier molecular flexibility index (Phi) is 4.59. The number of rotatable bonds is 3. The van der Waals surface area contributed by atoms with Gasteiger partial charge in [0.05, 0.1) is 11.8 Å². The monoisotopic (exact) mass is 334 g/mol. The lowest BCUT2D eigenvalue weighted by Gasteiger charge is -2.31. The van der Waals surface area contributed by atoms with E-state index in [1.165, 1.54) is 18.6 Å². The van der Waals surface area contributed by atoms with Gasteiger partial charge in [0.25, 0.3) is 5.91 Å². The molecule has 3 rings (SSSR count). The van der Waals surface area contributed by atoms with Crippen LogP contribution >= 0.6 is 0 Å². The number of nitrogens with one attached hydrogen (secondary N) is 1. The number of amides is 2. The average Bonchev–Trinajstić information content (AvgIpc) is 3.12. The quantitative estimate of drug-likeness (QED) is 0.938. The number of halogens is 2. The highest BCUT2D eigenvalue weighted by molar-refractivity contribution is 5.95. The van der Waals surface area contributed by atoms with Crippen LogP contribution in [-0.2, 0) is 4.79 Å². The van der Waals surface area contributed by atoms with Gasteiger partial charge < -0.3 is 14.6 Å². The smallest absolute Gasteiger partial charge is 0.257 e. The third-order valence-electron chi connectivity index (χ3n) is 4.11. The maximum absolute atomic E-state index is 13.2. The van der Waals surface area contributed by atoms with Crippen LogP contribution in [0.5, 0.6) is 0 Å². The van der Waals surface area contributed by atoms with Crippen molar-refractivity contribution in [2.24, 2.45) is 5.92 Å². The van der Waals surface area contributed by atoms with E-state index in [1.54, 1.807) is 11.0 Å². The van der Waals surface area contributed by atoms with E-state index < -0.39 is 11.6 Å². The number of benzene rings is 1. The van der Waals surface area contributed by atoms with Gasteiger partial charge in [-0.1, -0.05) is 0 Å². The summed E-state index contributed by atoms with van der Waals surface area (Å²) >= 11 is 0. The molecule has 126 valence electrons. The van der Waals surface area contributed by atoms with E-state index in [0.29, 0.717) is 31.5 Å². The van der Waals surface area contributed by atoms with Crippen LogP contribution in [0.1, 0.15) is 23.2 Å². The molecule has 0 atom stereocenters. The molecule has 2 heterocycles. The molecule has 24 heavy (non-hydrogen) atoms. The number of anilines is 1. The van der Waals surface area contributed by atoms with Gasteiger partial charge in [-0.05, 0) is 31.0 Å². The first kappa shape index (κ1) is 16.2. The third-order valence-corrected chi connectivity index (χ3v) is 4.11. The molecule has 1 aliphatic rings. The summed E-state index contributed by atoms with van der Waals surface area (Å²) in [5.41, 5.74) is 0.704. The van der Waals surface area contributed by atoms with Crippen molar-refractivity contribution in [2.75, 3.05) is 18.4 Å².